The van der Waals surface area contributed by atoms with Crippen molar-refractivity contribution in [2.75, 3.05) is 4.90 Å². The van der Waals surface area contributed by atoms with E-state index in [2.05, 4.69) is 6.58 Å². The summed E-state index contributed by atoms with van der Waals surface area (Å²) < 4.78 is 0. The van der Waals surface area contributed by atoms with E-state index in [9.17, 15) is 4.79 Å². The summed E-state index contributed by atoms with van der Waals surface area (Å²) in [4.78, 5) is 13.5. The molecule has 0 aliphatic rings. The van der Waals surface area contributed by atoms with E-state index in [1.165, 1.54) is 0 Å². The van der Waals surface area contributed by atoms with E-state index in [0.29, 0.717) is 6.54 Å². The fourth-order valence-electron chi connectivity index (χ4n) is 2.32. The van der Waals surface area contributed by atoms with Crippen LogP contribution in [0.15, 0.2) is 73.3 Å². The quantitative estimate of drug-likeness (QED) is 0.397. The Kier molecular flexibility index (Phi) is 5.56. The van der Waals surface area contributed by atoms with E-state index in [1.807, 2.05) is 67.6 Å². The molecule has 0 spiro atoms. The first-order chi connectivity index (χ1) is 10.6. The standard InChI is InChI=1S/C19H18ClNO/c1-3-9-15(2)17-12-7-8-13-18(17)21(19(20)22)14-16-10-5-4-6-11-16/h3-13H,1,14H2,2H3/b15-9-. The Bertz CT molecular complexity index is 692. The van der Waals surface area contributed by atoms with Crippen molar-refractivity contribution in [3.63, 3.8) is 0 Å². The first-order valence-electron chi connectivity index (χ1n) is 7.03. The van der Waals surface area contributed by atoms with E-state index in [-0.39, 0.29) is 0 Å². The van der Waals surface area contributed by atoms with Gasteiger partial charge in [-0.05, 0) is 35.7 Å². The van der Waals surface area contributed by atoms with Gasteiger partial charge in [0.1, 0.15) is 0 Å². The molecule has 0 heterocycles. The Morgan fingerprint density at radius 3 is 2.41 bits per heavy atom. The maximum absolute atomic E-state index is 11.9. The topological polar surface area (TPSA) is 20.3 Å². The molecule has 2 rings (SSSR count). The van der Waals surface area contributed by atoms with Crippen LogP contribution in [0, 0.1) is 0 Å². The number of amides is 1. The van der Waals surface area contributed by atoms with Gasteiger partial charge in [-0.3, -0.25) is 9.69 Å². The fraction of sp³-hybridized carbons (Fsp3) is 0.105. The Morgan fingerprint density at radius 1 is 1.14 bits per heavy atom. The Labute approximate surface area is 136 Å². The molecule has 0 saturated carbocycles. The van der Waals surface area contributed by atoms with Crippen LogP contribution in [0.5, 0.6) is 0 Å². The highest BCUT2D eigenvalue weighted by atomic mass is 35.5. The Hall–Kier alpha value is -2.32. The predicted octanol–water partition coefficient (Wildman–Crippen LogP) is 5.64. The van der Waals surface area contributed by atoms with Crippen molar-refractivity contribution in [3.05, 3.63) is 84.5 Å². The van der Waals surface area contributed by atoms with Crippen molar-refractivity contribution < 1.29 is 4.79 Å². The lowest BCUT2D eigenvalue weighted by molar-refractivity contribution is 0.264. The fourth-order valence-corrected chi connectivity index (χ4v) is 2.47. The normalized spacial score (nSPS) is 11.1. The third-order valence-corrected chi connectivity index (χ3v) is 3.59. The smallest absolute Gasteiger partial charge is 0.294 e. The minimum Gasteiger partial charge on any atom is -0.294 e. The zero-order valence-electron chi connectivity index (χ0n) is 12.5. The van der Waals surface area contributed by atoms with Gasteiger partial charge < -0.3 is 0 Å². The lowest BCUT2D eigenvalue weighted by Crippen LogP contribution is -2.26. The lowest BCUT2D eigenvalue weighted by atomic mass is 10.0. The maximum Gasteiger partial charge on any atom is 0.321 e. The van der Waals surface area contributed by atoms with Gasteiger partial charge in [-0.15, -0.1) is 0 Å². The average Bonchev–Trinajstić information content (AvgIpc) is 2.53. The molecule has 0 bridgehead atoms. The number of allylic oxidation sites excluding steroid dienone is 3. The summed E-state index contributed by atoms with van der Waals surface area (Å²) in [7, 11) is 0. The number of halogens is 1. The third-order valence-electron chi connectivity index (χ3n) is 3.38. The van der Waals surface area contributed by atoms with Crippen LogP contribution in [0.25, 0.3) is 5.57 Å². The number of carbonyl (C=O) groups excluding carboxylic acids is 1. The largest absolute Gasteiger partial charge is 0.321 e. The highest BCUT2D eigenvalue weighted by molar-refractivity contribution is 6.66. The van der Waals surface area contributed by atoms with E-state index in [0.717, 1.165) is 22.4 Å². The van der Waals surface area contributed by atoms with Gasteiger partial charge in [0.15, 0.2) is 0 Å². The van der Waals surface area contributed by atoms with Gasteiger partial charge in [-0.25, -0.2) is 0 Å². The van der Waals surface area contributed by atoms with Crippen LogP contribution in [0.3, 0.4) is 0 Å². The number of carbonyl (C=O) groups is 1. The van der Waals surface area contributed by atoms with Gasteiger partial charge in [0, 0.05) is 5.56 Å². The first kappa shape index (κ1) is 16.1. The van der Waals surface area contributed by atoms with E-state index in [1.54, 1.807) is 11.0 Å². The van der Waals surface area contributed by atoms with Crippen LogP contribution >= 0.6 is 11.6 Å². The van der Waals surface area contributed by atoms with Crippen LogP contribution < -0.4 is 4.90 Å². The number of para-hydroxylation sites is 1. The summed E-state index contributed by atoms with van der Waals surface area (Å²) >= 11 is 5.83. The molecule has 0 radical (unpaired) electrons. The monoisotopic (exact) mass is 311 g/mol. The highest BCUT2D eigenvalue weighted by Gasteiger charge is 2.17. The van der Waals surface area contributed by atoms with Crippen LogP contribution in [-0.4, -0.2) is 5.37 Å². The van der Waals surface area contributed by atoms with Crippen LogP contribution in [0.1, 0.15) is 18.1 Å². The molecule has 0 aliphatic heterocycles. The molecule has 0 saturated heterocycles. The van der Waals surface area contributed by atoms with Gasteiger partial charge in [-0.1, -0.05) is 67.3 Å². The molecule has 2 nitrogen and oxygen atoms in total. The van der Waals surface area contributed by atoms with E-state index >= 15 is 0 Å². The molecular formula is C19H18ClNO. The third kappa shape index (κ3) is 3.86. The second-order valence-corrected chi connectivity index (χ2v) is 5.25. The summed E-state index contributed by atoms with van der Waals surface area (Å²) in [5, 5.41) is -0.497. The van der Waals surface area contributed by atoms with Crippen LogP contribution in [0.4, 0.5) is 10.5 Å². The maximum atomic E-state index is 11.9. The minimum atomic E-state index is -0.497. The van der Waals surface area contributed by atoms with E-state index < -0.39 is 5.37 Å². The molecule has 0 aliphatic carbocycles. The number of nitrogens with zero attached hydrogens (tertiary/aromatic N) is 1. The second kappa shape index (κ2) is 7.62. The Balaban J connectivity index is 2.43. The zero-order chi connectivity index (χ0) is 15.9. The van der Waals surface area contributed by atoms with Gasteiger partial charge in [-0.2, -0.15) is 0 Å². The van der Waals surface area contributed by atoms with Crippen molar-refractivity contribution >= 4 is 28.2 Å². The summed E-state index contributed by atoms with van der Waals surface area (Å²) in [6, 6.07) is 17.5. The molecule has 0 atom stereocenters. The van der Waals surface area contributed by atoms with Crippen molar-refractivity contribution in [3.8, 4) is 0 Å². The molecule has 22 heavy (non-hydrogen) atoms. The number of hydrogen-bond acceptors (Lipinski definition) is 1. The first-order valence-corrected chi connectivity index (χ1v) is 7.41. The second-order valence-electron chi connectivity index (χ2n) is 4.93. The molecule has 0 N–H and O–H groups in total. The van der Waals surface area contributed by atoms with Gasteiger partial charge in [0.25, 0.3) is 0 Å². The molecule has 0 fully saturated rings. The van der Waals surface area contributed by atoms with Crippen LogP contribution in [-0.2, 0) is 6.54 Å². The molecule has 0 aromatic heterocycles. The number of hydrogen-bond donors (Lipinski definition) is 0. The molecule has 112 valence electrons. The number of benzene rings is 2. The average molecular weight is 312 g/mol. The van der Waals surface area contributed by atoms with Crippen molar-refractivity contribution in [1.82, 2.24) is 0 Å². The minimum absolute atomic E-state index is 0.432. The SMILES string of the molecule is C=C/C=C(/C)c1ccccc1N(Cc1ccccc1)C(=O)Cl. The van der Waals surface area contributed by atoms with E-state index in [4.69, 9.17) is 11.6 Å². The molecule has 1 amide bonds. The molecule has 3 heteroatoms. The number of rotatable bonds is 5. The Morgan fingerprint density at radius 2 is 1.77 bits per heavy atom. The highest BCUT2D eigenvalue weighted by Crippen LogP contribution is 2.29. The van der Waals surface area contributed by atoms with Gasteiger partial charge in [0.05, 0.1) is 12.2 Å². The van der Waals surface area contributed by atoms with Gasteiger partial charge >= 0.3 is 5.37 Å². The molecule has 0 unspecified atom stereocenters. The van der Waals surface area contributed by atoms with Gasteiger partial charge in [0.2, 0.25) is 0 Å². The van der Waals surface area contributed by atoms with Crippen LogP contribution in [0.2, 0.25) is 0 Å². The van der Waals surface area contributed by atoms with Crippen molar-refractivity contribution in [2.45, 2.75) is 13.5 Å². The lowest BCUT2D eigenvalue weighted by Gasteiger charge is -2.23. The summed E-state index contributed by atoms with van der Waals surface area (Å²) in [6.45, 7) is 6.14. The number of anilines is 1. The van der Waals surface area contributed by atoms with Crippen molar-refractivity contribution in [1.29, 1.82) is 0 Å². The summed E-state index contributed by atoms with van der Waals surface area (Å²) in [5.74, 6) is 0. The predicted molar refractivity (Wildman–Crippen MR) is 94.2 cm³/mol. The molecular weight excluding hydrogens is 294 g/mol. The summed E-state index contributed by atoms with van der Waals surface area (Å²) in [5.41, 5.74) is 3.81. The zero-order valence-corrected chi connectivity index (χ0v) is 13.3. The molecule has 2 aromatic carbocycles. The summed E-state index contributed by atoms with van der Waals surface area (Å²) in [6.07, 6.45) is 3.65. The van der Waals surface area contributed by atoms with Crippen molar-refractivity contribution in [2.24, 2.45) is 0 Å². The molecule has 2 aromatic rings.